The molecular weight excluding hydrogens is 448 g/mol. The van der Waals surface area contributed by atoms with Crippen molar-refractivity contribution in [1.82, 2.24) is 14.1 Å². The number of amides is 1. The van der Waals surface area contributed by atoms with Gasteiger partial charge in [0.2, 0.25) is 10.0 Å². The zero-order valence-corrected chi connectivity index (χ0v) is 20.4. The molecule has 7 nitrogen and oxygen atoms in total. The maximum Gasteiger partial charge on any atom is 0.259 e. The van der Waals surface area contributed by atoms with Gasteiger partial charge >= 0.3 is 0 Å². The molecule has 1 saturated carbocycles. The smallest absolute Gasteiger partial charge is 0.259 e. The number of para-hydroxylation sites is 1. The van der Waals surface area contributed by atoms with Gasteiger partial charge in [0.15, 0.2) is 0 Å². The van der Waals surface area contributed by atoms with Crippen molar-refractivity contribution in [3.05, 3.63) is 71.0 Å². The molecule has 0 bridgehead atoms. The van der Waals surface area contributed by atoms with Crippen LogP contribution < -0.4 is 5.32 Å². The van der Waals surface area contributed by atoms with E-state index in [1.165, 1.54) is 0 Å². The summed E-state index contributed by atoms with van der Waals surface area (Å²) in [5.74, 6) is 0.0344. The number of nitrogens with zero attached hydrogens (tertiary/aromatic N) is 3. The summed E-state index contributed by atoms with van der Waals surface area (Å²) in [5.41, 5.74) is 4.83. The first kappa shape index (κ1) is 22.8. The fourth-order valence-electron chi connectivity index (χ4n) is 4.62. The Balaban J connectivity index is 1.45. The van der Waals surface area contributed by atoms with Crippen molar-refractivity contribution in [2.45, 2.75) is 56.8 Å². The molecule has 0 unspecified atom stereocenters. The Hall–Kier alpha value is -2.97. The van der Waals surface area contributed by atoms with Gasteiger partial charge in [0.25, 0.3) is 5.91 Å². The van der Waals surface area contributed by atoms with E-state index >= 15 is 0 Å². The molecule has 2 fully saturated rings. The van der Waals surface area contributed by atoms with Gasteiger partial charge in [-0.05, 0) is 68.9 Å². The lowest BCUT2D eigenvalue weighted by atomic mass is 10.1. The topological polar surface area (TPSA) is 84.3 Å². The van der Waals surface area contributed by atoms with Crippen LogP contribution in [0.15, 0.2) is 53.6 Å². The second-order valence-electron chi connectivity index (χ2n) is 9.31. The van der Waals surface area contributed by atoms with Crippen LogP contribution in [0.25, 0.3) is 5.69 Å². The Morgan fingerprint density at radius 3 is 2.44 bits per heavy atom. The van der Waals surface area contributed by atoms with Crippen LogP contribution in [0.5, 0.6) is 0 Å². The highest BCUT2D eigenvalue weighted by Gasteiger charge is 2.33. The van der Waals surface area contributed by atoms with Gasteiger partial charge in [0.1, 0.15) is 0 Å². The Morgan fingerprint density at radius 1 is 1.00 bits per heavy atom. The highest BCUT2D eigenvalue weighted by molar-refractivity contribution is 7.89. The van der Waals surface area contributed by atoms with Crippen molar-refractivity contribution < 1.29 is 13.2 Å². The summed E-state index contributed by atoms with van der Waals surface area (Å²) < 4.78 is 29.7. The summed E-state index contributed by atoms with van der Waals surface area (Å²) in [7, 11) is -3.58. The van der Waals surface area contributed by atoms with Crippen LogP contribution in [0.2, 0.25) is 0 Å². The Kier molecular flexibility index (Phi) is 6.04. The SMILES string of the molecule is Cc1ccc(S(=O)(=O)N2CCCCC2)cc1NC(=O)c1cnn(-c2ccccc2C)c1C1CC1. The van der Waals surface area contributed by atoms with E-state index in [4.69, 9.17) is 0 Å². The molecule has 1 amide bonds. The van der Waals surface area contributed by atoms with Gasteiger partial charge in [-0.15, -0.1) is 0 Å². The molecule has 1 aromatic heterocycles. The van der Waals surface area contributed by atoms with Crippen LogP contribution in [0.1, 0.15) is 65.2 Å². The monoisotopic (exact) mass is 478 g/mol. The summed E-state index contributed by atoms with van der Waals surface area (Å²) in [6.45, 7) is 4.98. The van der Waals surface area contributed by atoms with E-state index in [0.717, 1.165) is 54.6 Å². The minimum absolute atomic E-state index is 0.216. The summed E-state index contributed by atoms with van der Waals surface area (Å²) in [6.07, 6.45) is 6.49. The number of benzene rings is 2. The maximum atomic E-state index is 13.4. The second kappa shape index (κ2) is 9.00. The predicted molar refractivity (Wildman–Crippen MR) is 132 cm³/mol. The lowest BCUT2D eigenvalue weighted by molar-refractivity contribution is 0.102. The molecule has 3 aromatic rings. The summed E-state index contributed by atoms with van der Waals surface area (Å²) in [4.78, 5) is 13.6. The van der Waals surface area contributed by atoms with Gasteiger partial charge in [-0.25, -0.2) is 13.1 Å². The predicted octanol–water partition coefficient (Wildman–Crippen LogP) is 4.79. The Labute approximate surface area is 200 Å². The number of aryl methyl sites for hydroxylation is 2. The fraction of sp³-hybridized carbons (Fsp3) is 0.385. The molecule has 1 N–H and O–H groups in total. The van der Waals surface area contributed by atoms with Gasteiger partial charge in [-0.1, -0.05) is 30.7 Å². The number of hydrogen-bond acceptors (Lipinski definition) is 4. The molecule has 0 radical (unpaired) electrons. The highest BCUT2D eigenvalue weighted by atomic mass is 32.2. The molecule has 0 atom stereocenters. The third kappa shape index (κ3) is 4.28. The molecule has 178 valence electrons. The number of rotatable bonds is 6. The normalized spacial score (nSPS) is 17.0. The Morgan fingerprint density at radius 2 is 1.74 bits per heavy atom. The first-order valence-corrected chi connectivity index (χ1v) is 13.4. The quantitative estimate of drug-likeness (QED) is 0.552. The lowest BCUT2D eigenvalue weighted by Gasteiger charge is -2.26. The first-order chi connectivity index (χ1) is 16.4. The zero-order valence-electron chi connectivity index (χ0n) is 19.6. The van der Waals surface area contributed by atoms with Gasteiger partial charge in [0.05, 0.1) is 28.0 Å². The molecule has 2 heterocycles. The molecule has 1 aliphatic heterocycles. The number of aromatic nitrogens is 2. The van der Waals surface area contributed by atoms with E-state index in [1.54, 1.807) is 28.7 Å². The van der Waals surface area contributed by atoms with Crippen LogP contribution in [-0.2, 0) is 10.0 Å². The van der Waals surface area contributed by atoms with Crippen LogP contribution in [0.4, 0.5) is 5.69 Å². The fourth-order valence-corrected chi connectivity index (χ4v) is 6.16. The van der Waals surface area contributed by atoms with Crippen LogP contribution >= 0.6 is 0 Å². The Bertz CT molecular complexity index is 1340. The number of anilines is 1. The number of sulfonamides is 1. The van der Waals surface area contributed by atoms with E-state index in [0.29, 0.717) is 30.3 Å². The zero-order chi connectivity index (χ0) is 23.9. The minimum atomic E-state index is -3.58. The molecule has 1 aliphatic carbocycles. The van der Waals surface area contributed by atoms with Crippen molar-refractivity contribution in [2.24, 2.45) is 0 Å². The average molecular weight is 479 g/mol. The van der Waals surface area contributed by atoms with Crippen molar-refractivity contribution in [3.8, 4) is 5.69 Å². The summed E-state index contributed by atoms with van der Waals surface area (Å²) >= 11 is 0. The van der Waals surface area contributed by atoms with E-state index in [1.807, 2.05) is 42.8 Å². The molecular formula is C26H30N4O3S. The van der Waals surface area contributed by atoms with E-state index < -0.39 is 10.0 Å². The van der Waals surface area contributed by atoms with Crippen LogP contribution in [0, 0.1) is 13.8 Å². The van der Waals surface area contributed by atoms with Crippen molar-refractivity contribution in [1.29, 1.82) is 0 Å². The van der Waals surface area contributed by atoms with Crippen LogP contribution in [-0.4, -0.2) is 41.5 Å². The third-order valence-electron chi connectivity index (χ3n) is 6.77. The second-order valence-corrected chi connectivity index (χ2v) is 11.2. The van der Waals surface area contributed by atoms with Crippen molar-refractivity contribution >= 4 is 21.6 Å². The molecule has 0 spiro atoms. The van der Waals surface area contributed by atoms with Gasteiger partial charge in [0, 0.05) is 24.7 Å². The van der Waals surface area contributed by atoms with Gasteiger partial charge in [-0.3, -0.25) is 4.79 Å². The molecule has 1 saturated heterocycles. The highest BCUT2D eigenvalue weighted by Crippen LogP contribution is 2.43. The first-order valence-electron chi connectivity index (χ1n) is 11.9. The number of hydrogen-bond donors (Lipinski definition) is 1. The summed E-state index contributed by atoms with van der Waals surface area (Å²) in [5, 5.41) is 7.53. The standard InChI is InChI=1S/C26H30N4O3S/c1-18-10-13-21(34(32,33)29-14-6-3-7-15-29)16-23(18)28-26(31)22-17-27-30(25(22)20-11-12-20)24-9-5-4-8-19(24)2/h4-5,8-10,13,16-17,20H,3,6-7,11-12,14-15H2,1-2H3,(H,28,31). The number of carbonyl (C=O) groups excluding carboxylic acids is 1. The van der Waals surface area contributed by atoms with E-state index in [9.17, 15) is 13.2 Å². The summed E-state index contributed by atoms with van der Waals surface area (Å²) in [6, 6.07) is 13.0. The number of piperidine rings is 1. The molecule has 2 aromatic carbocycles. The molecule has 34 heavy (non-hydrogen) atoms. The lowest BCUT2D eigenvalue weighted by Crippen LogP contribution is -2.35. The number of carbonyl (C=O) groups is 1. The third-order valence-corrected chi connectivity index (χ3v) is 8.66. The minimum Gasteiger partial charge on any atom is -0.322 e. The number of nitrogens with one attached hydrogen (secondary N) is 1. The molecule has 5 rings (SSSR count). The van der Waals surface area contributed by atoms with Gasteiger partial charge < -0.3 is 5.32 Å². The largest absolute Gasteiger partial charge is 0.322 e. The van der Waals surface area contributed by atoms with Crippen LogP contribution in [0.3, 0.4) is 0 Å². The average Bonchev–Trinajstić information content (AvgIpc) is 3.59. The van der Waals surface area contributed by atoms with Gasteiger partial charge in [-0.2, -0.15) is 9.40 Å². The van der Waals surface area contributed by atoms with Crippen molar-refractivity contribution in [3.63, 3.8) is 0 Å². The molecule has 2 aliphatic rings. The van der Waals surface area contributed by atoms with E-state index in [2.05, 4.69) is 10.4 Å². The molecule has 8 heteroatoms. The van der Waals surface area contributed by atoms with Crippen molar-refractivity contribution in [2.75, 3.05) is 18.4 Å². The van der Waals surface area contributed by atoms with E-state index in [-0.39, 0.29) is 10.8 Å². The maximum absolute atomic E-state index is 13.4.